The summed E-state index contributed by atoms with van der Waals surface area (Å²) in [6.07, 6.45) is 14.4. The molecule has 6 heteroatoms. The van der Waals surface area contributed by atoms with Crippen LogP contribution >= 0.6 is 0 Å². The maximum atomic E-state index is 11.6. The zero-order valence-corrected chi connectivity index (χ0v) is 15.8. The van der Waals surface area contributed by atoms with E-state index in [1.807, 2.05) is 49.1 Å². The van der Waals surface area contributed by atoms with Crippen molar-refractivity contribution in [2.45, 2.75) is 13.8 Å². The highest BCUT2D eigenvalue weighted by Crippen LogP contribution is 2.23. The van der Waals surface area contributed by atoms with Gasteiger partial charge < -0.3 is 14.7 Å². The molecule has 0 fully saturated rings. The largest absolute Gasteiger partial charge is 0.462 e. The van der Waals surface area contributed by atoms with Gasteiger partial charge in [0.25, 0.3) is 0 Å². The molecule has 0 aliphatic rings. The van der Waals surface area contributed by atoms with Crippen molar-refractivity contribution in [1.29, 1.82) is 0 Å². The van der Waals surface area contributed by atoms with Gasteiger partial charge >= 0.3 is 5.97 Å². The van der Waals surface area contributed by atoms with Crippen molar-refractivity contribution < 1.29 is 9.53 Å². The summed E-state index contributed by atoms with van der Waals surface area (Å²) in [6.45, 7) is 4.25. The molecular formula is C22H22N4O2. The monoisotopic (exact) mass is 374 g/mol. The van der Waals surface area contributed by atoms with E-state index < -0.39 is 0 Å². The summed E-state index contributed by atoms with van der Waals surface area (Å²) in [5, 5.41) is 0. The summed E-state index contributed by atoms with van der Waals surface area (Å²) in [6, 6.07) is 7.73. The molecule has 0 aromatic carbocycles. The predicted molar refractivity (Wildman–Crippen MR) is 109 cm³/mol. The van der Waals surface area contributed by atoms with E-state index in [9.17, 15) is 4.79 Å². The third-order valence-corrected chi connectivity index (χ3v) is 4.18. The molecule has 0 aliphatic heterocycles. The molecule has 4 rings (SSSR count). The number of hydrogen-bond acceptors (Lipinski definition) is 4. The molecule has 2 N–H and O–H groups in total. The number of carbonyl (C=O) groups is 1. The van der Waals surface area contributed by atoms with Crippen molar-refractivity contribution in [3.8, 4) is 22.3 Å². The Morgan fingerprint density at radius 3 is 1.93 bits per heavy atom. The Hall–Kier alpha value is -3.67. The van der Waals surface area contributed by atoms with Crippen LogP contribution in [0.4, 0.5) is 0 Å². The highest BCUT2D eigenvalue weighted by molar-refractivity contribution is 5.97. The highest BCUT2D eigenvalue weighted by atomic mass is 16.5. The molecule has 0 radical (unpaired) electrons. The first-order valence-corrected chi connectivity index (χ1v) is 8.98. The Kier molecular flexibility index (Phi) is 6.36. The van der Waals surface area contributed by atoms with Gasteiger partial charge in [-0.05, 0) is 54.8 Å². The van der Waals surface area contributed by atoms with Gasteiger partial charge in [0.05, 0.1) is 12.2 Å². The smallest absolute Gasteiger partial charge is 0.340 e. The average Bonchev–Trinajstić information content (AvgIpc) is 3.39. The van der Waals surface area contributed by atoms with Gasteiger partial charge in [0, 0.05) is 60.7 Å². The lowest BCUT2D eigenvalue weighted by Gasteiger charge is -2.03. The number of pyridine rings is 2. The Labute approximate surface area is 163 Å². The van der Waals surface area contributed by atoms with Gasteiger partial charge in [-0.2, -0.15) is 0 Å². The molecule has 0 atom stereocenters. The first kappa shape index (κ1) is 19.1. The third-order valence-electron chi connectivity index (χ3n) is 4.18. The lowest BCUT2D eigenvalue weighted by Crippen LogP contribution is -2.04. The van der Waals surface area contributed by atoms with Crippen LogP contribution in [-0.4, -0.2) is 32.5 Å². The van der Waals surface area contributed by atoms with E-state index in [-0.39, 0.29) is 5.97 Å². The molecule has 142 valence electrons. The molecule has 0 saturated heterocycles. The Morgan fingerprint density at radius 1 is 0.857 bits per heavy atom. The van der Waals surface area contributed by atoms with Crippen molar-refractivity contribution in [2.24, 2.45) is 0 Å². The molecule has 0 spiro atoms. The normalized spacial score (nSPS) is 10.1. The van der Waals surface area contributed by atoms with Crippen LogP contribution in [0.1, 0.15) is 22.8 Å². The van der Waals surface area contributed by atoms with Crippen LogP contribution in [0.3, 0.4) is 0 Å². The van der Waals surface area contributed by atoms with Crippen LogP contribution in [0.5, 0.6) is 0 Å². The number of carbonyl (C=O) groups excluding carboxylic acids is 1. The number of hydrogen-bond donors (Lipinski definition) is 2. The van der Waals surface area contributed by atoms with Crippen molar-refractivity contribution in [1.82, 2.24) is 19.9 Å². The van der Waals surface area contributed by atoms with Gasteiger partial charge in [-0.15, -0.1) is 0 Å². The minimum atomic E-state index is -0.310. The molecule has 4 aromatic heterocycles. The molecular weight excluding hydrogens is 352 g/mol. The number of aromatic amines is 2. The van der Waals surface area contributed by atoms with E-state index in [1.165, 1.54) is 16.7 Å². The summed E-state index contributed by atoms with van der Waals surface area (Å²) in [4.78, 5) is 25.5. The molecule has 0 saturated carbocycles. The number of nitrogens with one attached hydrogen (secondary N) is 2. The van der Waals surface area contributed by atoms with Gasteiger partial charge in [-0.1, -0.05) is 0 Å². The molecule has 0 aliphatic carbocycles. The summed E-state index contributed by atoms with van der Waals surface area (Å²) in [5.74, 6) is -0.310. The fourth-order valence-corrected chi connectivity index (χ4v) is 2.80. The summed E-state index contributed by atoms with van der Waals surface area (Å²) >= 11 is 0. The first-order chi connectivity index (χ1) is 13.7. The van der Waals surface area contributed by atoms with Crippen molar-refractivity contribution in [2.75, 3.05) is 6.61 Å². The van der Waals surface area contributed by atoms with Crippen molar-refractivity contribution in [3.05, 3.63) is 85.0 Å². The number of esters is 1. The molecule has 0 bridgehead atoms. The molecule has 4 heterocycles. The zero-order valence-electron chi connectivity index (χ0n) is 15.8. The van der Waals surface area contributed by atoms with Crippen LogP contribution in [0.2, 0.25) is 0 Å². The molecule has 4 aromatic rings. The first-order valence-electron chi connectivity index (χ1n) is 8.98. The second-order valence-electron chi connectivity index (χ2n) is 6.03. The Bertz CT molecular complexity index is 1010. The topological polar surface area (TPSA) is 83.7 Å². The second-order valence-corrected chi connectivity index (χ2v) is 6.03. The number of aryl methyl sites for hydroxylation is 1. The van der Waals surface area contributed by atoms with Crippen molar-refractivity contribution >= 4 is 5.97 Å². The Morgan fingerprint density at radius 2 is 1.39 bits per heavy atom. The predicted octanol–water partition coefficient (Wildman–Crippen LogP) is 4.64. The van der Waals surface area contributed by atoms with Crippen LogP contribution < -0.4 is 0 Å². The minimum Gasteiger partial charge on any atom is -0.462 e. The van der Waals surface area contributed by atoms with E-state index in [0.29, 0.717) is 12.2 Å². The van der Waals surface area contributed by atoms with E-state index in [4.69, 9.17) is 4.74 Å². The maximum Gasteiger partial charge on any atom is 0.340 e. The Balaban J connectivity index is 0.000000167. The van der Waals surface area contributed by atoms with Crippen LogP contribution in [0.25, 0.3) is 22.3 Å². The summed E-state index contributed by atoms with van der Waals surface area (Å²) < 4.78 is 4.97. The zero-order chi connectivity index (χ0) is 19.8. The number of rotatable bonds is 4. The number of nitrogens with zero attached hydrogens (tertiary/aromatic N) is 2. The summed E-state index contributed by atoms with van der Waals surface area (Å²) in [7, 11) is 0. The van der Waals surface area contributed by atoms with E-state index in [0.717, 1.165) is 11.1 Å². The van der Waals surface area contributed by atoms with E-state index in [1.54, 1.807) is 31.7 Å². The van der Waals surface area contributed by atoms with Crippen LogP contribution in [0, 0.1) is 6.92 Å². The SMILES string of the molecule is CCOC(=O)c1c[nH]cc1-c1ccncc1.Cc1c[nH]cc1-c1ccncc1. The van der Waals surface area contributed by atoms with Crippen LogP contribution in [0.15, 0.2) is 73.8 Å². The van der Waals surface area contributed by atoms with E-state index >= 15 is 0 Å². The molecule has 0 unspecified atom stereocenters. The van der Waals surface area contributed by atoms with Crippen LogP contribution in [-0.2, 0) is 4.74 Å². The fraction of sp³-hybridized carbons (Fsp3) is 0.136. The standard InChI is InChI=1S/C12H12N2O2.C10H10N2/c1-2-16-12(15)11-8-14-7-10(11)9-3-5-13-6-4-9;1-8-6-12-7-10(8)9-2-4-11-5-3-9/h3-8,14H,2H2,1H3;2-7,12H,1H3. The fourth-order valence-electron chi connectivity index (χ4n) is 2.80. The number of H-pyrrole nitrogens is 2. The van der Waals surface area contributed by atoms with Gasteiger partial charge in [0.15, 0.2) is 0 Å². The second kappa shape index (κ2) is 9.32. The summed E-state index contributed by atoms with van der Waals surface area (Å²) in [5.41, 5.74) is 6.05. The molecule has 28 heavy (non-hydrogen) atoms. The van der Waals surface area contributed by atoms with Crippen molar-refractivity contribution in [3.63, 3.8) is 0 Å². The lowest BCUT2D eigenvalue weighted by atomic mass is 10.1. The maximum absolute atomic E-state index is 11.6. The lowest BCUT2D eigenvalue weighted by molar-refractivity contribution is 0.0527. The minimum absolute atomic E-state index is 0.310. The molecule has 0 amide bonds. The highest BCUT2D eigenvalue weighted by Gasteiger charge is 2.14. The van der Waals surface area contributed by atoms with E-state index in [2.05, 4.69) is 26.9 Å². The third kappa shape index (κ3) is 4.54. The number of aromatic nitrogens is 4. The van der Waals surface area contributed by atoms with Gasteiger partial charge in [-0.25, -0.2) is 4.79 Å². The molecule has 6 nitrogen and oxygen atoms in total. The average molecular weight is 374 g/mol. The van der Waals surface area contributed by atoms with Gasteiger partial charge in [0.2, 0.25) is 0 Å². The van der Waals surface area contributed by atoms with Gasteiger partial charge in [0.1, 0.15) is 0 Å². The quantitative estimate of drug-likeness (QED) is 0.510. The van der Waals surface area contributed by atoms with Gasteiger partial charge in [-0.3, -0.25) is 9.97 Å². The number of ether oxygens (including phenoxy) is 1.